The lowest BCUT2D eigenvalue weighted by Gasteiger charge is -2.23. The van der Waals surface area contributed by atoms with E-state index >= 15 is 0 Å². The van der Waals surface area contributed by atoms with Gasteiger partial charge in [0.1, 0.15) is 5.01 Å². The Balaban J connectivity index is 1.93. The molecule has 0 aliphatic rings. The van der Waals surface area contributed by atoms with E-state index in [9.17, 15) is 0 Å². The van der Waals surface area contributed by atoms with E-state index in [4.69, 9.17) is 0 Å². The van der Waals surface area contributed by atoms with E-state index in [1.165, 1.54) is 10.3 Å². The first kappa shape index (κ1) is 12.6. The molecule has 0 aliphatic heterocycles. The highest BCUT2D eigenvalue weighted by Gasteiger charge is 2.24. The highest BCUT2D eigenvalue weighted by molar-refractivity contribution is 7.22. The van der Waals surface area contributed by atoms with E-state index in [0.717, 1.165) is 15.7 Å². The minimum absolute atomic E-state index is 0.197. The molecule has 0 spiro atoms. The van der Waals surface area contributed by atoms with Crippen LogP contribution in [0.2, 0.25) is 0 Å². The number of hydrogen-bond donors (Lipinski definition) is 1. The summed E-state index contributed by atoms with van der Waals surface area (Å²) in [7, 11) is 0. The number of rotatable bonds is 3. The third-order valence-corrected chi connectivity index (χ3v) is 4.98. The quantitative estimate of drug-likeness (QED) is 0.776. The Morgan fingerprint density at radius 2 is 2.11 bits per heavy atom. The summed E-state index contributed by atoms with van der Waals surface area (Å²) in [4.78, 5) is 9.04. The van der Waals surface area contributed by atoms with Gasteiger partial charge in [-0.1, -0.05) is 17.4 Å². The molecule has 3 rings (SSSR count). The number of hydrogen-bond acceptors (Lipinski definition) is 5. The lowest BCUT2D eigenvalue weighted by atomic mass is 10.1. The van der Waals surface area contributed by atoms with Gasteiger partial charge in [-0.05, 0) is 38.5 Å². The molecule has 98 valence electrons. The predicted molar refractivity (Wildman–Crippen MR) is 83.1 cm³/mol. The number of thiazole rings is 2. The minimum atomic E-state index is -0.197. The van der Waals surface area contributed by atoms with Gasteiger partial charge >= 0.3 is 0 Å². The van der Waals surface area contributed by atoms with Crippen LogP contribution in [0.5, 0.6) is 0 Å². The van der Waals surface area contributed by atoms with Crippen LogP contribution in [-0.4, -0.2) is 9.97 Å². The first-order valence-electron chi connectivity index (χ1n) is 6.10. The van der Waals surface area contributed by atoms with E-state index < -0.39 is 0 Å². The van der Waals surface area contributed by atoms with Crippen molar-refractivity contribution >= 4 is 38.0 Å². The summed E-state index contributed by atoms with van der Waals surface area (Å²) in [6.07, 6.45) is 1.84. The number of aromatic nitrogens is 2. The second-order valence-electron chi connectivity index (χ2n) is 5.08. The molecule has 0 atom stereocenters. The Bertz CT molecular complexity index is 699. The van der Waals surface area contributed by atoms with Gasteiger partial charge in [0, 0.05) is 11.6 Å². The fourth-order valence-corrected chi connectivity index (χ4v) is 3.67. The van der Waals surface area contributed by atoms with Gasteiger partial charge in [0.2, 0.25) is 0 Å². The molecular formula is C14H15N3S2. The topological polar surface area (TPSA) is 37.8 Å². The van der Waals surface area contributed by atoms with Gasteiger partial charge in [-0.2, -0.15) is 0 Å². The number of benzene rings is 1. The van der Waals surface area contributed by atoms with Crippen molar-refractivity contribution in [3.8, 4) is 0 Å². The van der Waals surface area contributed by atoms with E-state index in [2.05, 4.69) is 54.3 Å². The van der Waals surface area contributed by atoms with Crippen LogP contribution < -0.4 is 5.32 Å². The maximum atomic E-state index is 4.65. The van der Waals surface area contributed by atoms with Crippen molar-refractivity contribution in [2.24, 2.45) is 0 Å². The van der Waals surface area contributed by atoms with Crippen LogP contribution in [0.15, 0.2) is 29.8 Å². The summed E-state index contributed by atoms with van der Waals surface area (Å²) in [5.74, 6) is 0. The molecular weight excluding hydrogens is 274 g/mol. The summed E-state index contributed by atoms with van der Waals surface area (Å²) in [6.45, 7) is 6.34. The van der Waals surface area contributed by atoms with E-state index in [0.29, 0.717) is 0 Å². The molecule has 0 fully saturated rings. The summed E-state index contributed by atoms with van der Waals surface area (Å²) in [5.41, 5.74) is 2.10. The van der Waals surface area contributed by atoms with Gasteiger partial charge in [-0.15, -0.1) is 11.3 Å². The molecule has 3 nitrogen and oxygen atoms in total. The molecule has 2 heterocycles. The van der Waals surface area contributed by atoms with Crippen LogP contribution in [0.4, 0.5) is 5.13 Å². The smallest absolute Gasteiger partial charge is 0.184 e. The van der Waals surface area contributed by atoms with Crippen LogP contribution in [0.3, 0.4) is 0 Å². The Kier molecular flexibility index (Phi) is 3.03. The molecule has 3 aromatic rings. The lowest BCUT2D eigenvalue weighted by molar-refractivity contribution is 0.604. The monoisotopic (exact) mass is 289 g/mol. The zero-order valence-electron chi connectivity index (χ0n) is 11.1. The van der Waals surface area contributed by atoms with Crippen LogP contribution in [0, 0.1) is 6.92 Å². The van der Waals surface area contributed by atoms with Gasteiger partial charge in [-0.25, -0.2) is 9.97 Å². The second kappa shape index (κ2) is 4.58. The SMILES string of the molecule is Cc1ccc2sc(NC(C)(C)c3nccs3)nc2c1. The molecule has 0 saturated carbocycles. The normalized spacial score (nSPS) is 11.9. The van der Waals surface area contributed by atoms with Gasteiger partial charge in [0.25, 0.3) is 0 Å². The molecule has 0 aliphatic carbocycles. The third-order valence-electron chi connectivity index (χ3n) is 2.93. The van der Waals surface area contributed by atoms with Crippen molar-refractivity contribution < 1.29 is 0 Å². The largest absolute Gasteiger partial charge is 0.350 e. The maximum Gasteiger partial charge on any atom is 0.184 e. The van der Waals surface area contributed by atoms with Gasteiger partial charge in [-0.3, -0.25) is 0 Å². The Labute approximate surface area is 120 Å². The lowest BCUT2D eigenvalue weighted by Crippen LogP contribution is -2.27. The number of aryl methyl sites for hydroxylation is 1. The van der Waals surface area contributed by atoms with Crippen LogP contribution in [-0.2, 0) is 5.54 Å². The molecule has 0 amide bonds. The standard InChI is InChI=1S/C14H15N3S2/c1-9-4-5-11-10(8-9)16-13(19-11)17-14(2,3)12-15-6-7-18-12/h4-8H,1-3H3,(H,16,17). The number of anilines is 1. The molecule has 0 radical (unpaired) electrons. The van der Waals surface area contributed by atoms with Crippen molar-refractivity contribution in [1.29, 1.82) is 0 Å². The van der Waals surface area contributed by atoms with Crippen LogP contribution in [0.1, 0.15) is 24.4 Å². The highest BCUT2D eigenvalue weighted by Crippen LogP contribution is 2.32. The molecule has 0 unspecified atom stereocenters. The van der Waals surface area contributed by atoms with Crippen LogP contribution in [0.25, 0.3) is 10.2 Å². The fraction of sp³-hybridized carbons (Fsp3) is 0.286. The summed E-state index contributed by atoms with van der Waals surface area (Å²) < 4.78 is 1.21. The predicted octanol–water partition coefficient (Wildman–Crippen LogP) is 4.41. The first-order valence-corrected chi connectivity index (χ1v) is 7.79. The number of fused-ring (bicyclic) bond motifs is 1. The zero-order valence-corrected chi connectivity index (χ0v) is 12.7. The Hall–Kier alpha value is -1.46. The van der Waals surface area contributed by atoms with Crippen molar-refractivity contribution in [1.82, 2.24) is 9.97 Å². The molecule has 5 heteroatoms. The average molecular weight is 289 g/mol. The average Bonchev–Trinajstić information content (AvgIpc) is 2.95. The van der Waals surface area contributed by atoms with Gasteiger partial charge in [0.15, 0.2) is 5.13 Å². The van der Waals surface area contributed by atoms with E-state index in [1.54, 1.807) is 22.7 Å². The van der Waals surface area contributed by atoms with E-state index in [-0.39, 0.29) is 5.54 Å². The molecule has 0 bridgehead atoms. The summed E-state index contributed by atoms with van der Waals surface area (Å²) >= 11 is 3.35. The van der Waals surface area contributed by atoms with Gasteiger partial charge in [0.05, 0.1) is 15.8 Å². The van der Waals surface area contributed by atoms with E-state index in [1.807, 2.05) is 11.6 Å². The zero-order chi connectivity index (χ0) is 13.5. The first-order chi connectivity index (χ1) is 9.04. The molecule has 1 aromatic carbocycles. The third kappa shape index (κ3) is 2.48. The Morgan fingerprint density at radius 3 is 2.84 bits per heavy atom. The van der Waals surface area contributed by atoms with Crippen molar-refractivity contribution in [3.63, 3.8) is 0 Å². The Morgan fingerprint density at radius 1 is 1.26 bits per heavy atom. The number of nitrogens with one attached hydrogen (secondary N) is 1. The van der Waals surface area contributed by atoms with Crippen molar-refractivity contribution in [2.75, 3.05) is 5.32 Å². The van der Waals surface area contributed by atoms with Crippen LogP contribution >= 0.6 is 22.7 Å². The number of nitrogens with zero attached hydrogens (tertiary/aromatic N) is 2. The fourth-order valence-electron chi connectivity index (χ4n) is 1.94. The molecule has 0 saturated heterocycles. The molecule has 1 N–H and O–H groups in total. The molecule has 19 heavy (non-hydrogen) atoms. The molecule has 2 aromatic heterocycles. The minimum Gasteiger partial charge on any atom is -0.350 e. The second-order valence-corrected chi connectivity index (χ2v) is 7.00. The summed E-state index contributed by atoms with van der Waals surface area (Å²) in [5, 5.41) is 7.50. The van der Waals surface area contributed by atoms with Crippen molar-refractivity contribution in [3.05, 3.63) is 40.3 Å². The maximum absolute atomic E-state index is 4.65. The highest BCUT2D eigenvalue weighted by atomic mass is 32.1. The summed E-state index contributed by atoms with van der Waals surface area (Å²) in [6, 6.07) is 6.37. The van der Waals surface area contributed by atoms with Crippen molar-refractivity contribution in [2.45, 2.75) is 26.3 Å². The van der Waals surface area contributed by atoms with Gasteiger partial charge < -0.3 is 5.32 Å².